The summed E-state index contributed by atoms with van der Waals surface area (Å²) in [5.74, 6) is 0.409. The average molecular weight is 461 g/mol. The molecule has 0 N–H and O–H groups in total. The van der Waals surface area contributed by atoms with Gasteiger partial charge in [-0.1, -0.05) is 23.9 Å². The average Bonchev–Trinajstić information content (AvgIpc) is 3.20. The van der Waals surface area contributed by atoms with Crippen molar-refractivity contribution in [1.29, 1.82) is 0 Å². The molecule has 0 bridgehead atoms. The number of carbonyl (C=O) groups excluding carboxylic acids is 2. The fraction of sp³-hybridized carbons (Fsp3) is 0.316. The minimum absolute atomic E-state index is 0.0975. The highest BCUT2D eigenvalue weighted by atomic mass is 32.2. The zero-order valence-electron chi connectivity index (χ0n) is 16.7. The number of fused-ring (bicyclic) bond motifs is 1. The third-order valence-electron chi connectivity index (χ3n) is 4.91. The molecule has 12 heteroatoms. The van der Waals surface area contributed by atoms with E-state index in [1.54, 1.807) is 27.9 Å². The van der Waals surface area contributed by atoms with Gasteiger partial charge in [0.2, 0.25) is 21.1 Å². The molecule has 4 rings (SSSR count). The van der Waals surface area contributed by atoms with E-state index in [0.29, 0.717) is 29.6 Å². The Hall–Kier alpha value is -2.83. The summed E-state index contributed by atoms with van der Waals surface area (Å²) in [6, 6.07) is 7.64. The molecule has 3 aromatic rings. The van der Waals surface area contributed by atoms with Crippen LogP contribution in [0.25, 0.3) is 5.78 Å². The monoisotopic (exact) mass is 460 g/mol. The number of benzene rings is 1. The number of ketones is 1. The number of nitrogens with zero attached hydrogens (tertiary/aromatic N) is 6. The second kappa shape index (κ2) is 8.73. The maximum absolute atomic E-state index is 12.8. The summed E-state index contributed by atoms with van der Waals surface area (Å²) < 4.78 is 28.6. The Bertz CT molecular complexity index is 1180. The van der Waals surface area contributed by atoms with Gasteiger partial charge in [-0.05, 0) is 25.1 Å². The van der Waals surface area contributed by atoms with Crippen molar-refractivity contribution < 1.29 is 18.0 Å². The number of sulfonamides is 1. The Morgan fingerprint density at radius 3 is 2.45 bits per heavy atom. The third kappa shape index (κ3) is 4.60. The van der Waals surface area contributed by atoms with E-state index in [-0.39, 0.29) is 35.4 Å². The van der Waals surface area contributed by atoms with E-state index in [1.165, 1.54) is 47.3 Å². The van der Waals surface area contributed by atoms with Crippen molar-refractivity contribution in [3.8, 4) is 0 Å². The third-order valence-corrected chi connectivity index (χ3v) is 7.65. The topological polar surface area (TPSA) is 118 Å². The highest BCUT2D eigenvalue weighted by Gasteiger charge is 2.30. The molecule has 0 radical (unpaired) electrons. The number of thioether (sulfide) groups is 1. The lowest BCUT2D eigenvalue weighted by molar-refractivity contribution is -0.129. The molecule has 1 amide bonds. The van der Waals surface area contributed by atoms with Crippen molar-refractivity contribution in [3.63, 3.8) is 0 Å². The SMILES string of the molecule is CC(=O)c1ccc(S(=O)(=O)N2CCN(C(=O)CSc3nc4ncccn4n3)CC2)cc1. The van der Waals surface area contributed by atoms with Crippen LogP contribution in [-0.4, -0.2) is 80.8 Å². The molecular formula is C19H20N6O4S2. The summed E-state index contributed by atoms with van der Waals surface area (Å²) in [6.07, 6.45) is 3.35. The molecule has 2 aromatic heterocycles. The fourth-order valence-corrected chi connectivity index (χ4v) is 5.33. The molecule has 0 unspecified atom stereocenters. The van der Waals surface area contributed by atoms with Crippen LogP contribution in [0.5, 0.6) is 0 Å². The lowest BCUT2D eigenvalue weighted by atomic mass is 10.2. The van der Waals surface area contributed by atoms with Crippen molar-refractivity contribution in [1.82, 2.24) is 28.8 Å². The summed E-state index contributed by atoms with van der Waals surface area (Å²) in [4.78, 5) is 34.0. The summed E-state index contributed by atoms with van der Waals surface area (Å²) in [5.41, 5.74) is 0.461. The summed E-state index contributed by atoms with van der Waals surface area (Å²) in [7, 11) is -3.67. The quantitative estimate of drug-likeness (QED) is 0.394. The van der Waals surface area contributed by atoms with E-state index in [9.17, 15) is 18.0 Å². The smallest absolute Gasteiger partial charge is 0.253 e. The zero-order valence-corrected chi connectivity index (χ0v) is 18.3. The minimum atomic E-state index is -3.67. The zero-order chi connectivity index (χ0) is 22.0. The first kappa shape index (κ1) is 21.4. The van der Waals surface area contributed by atoms with E-state index >= 15 is 0 Å². The molecule has 1 aromatic carbocycles. The van der Waals surface area contributed by atoms with E-state index in [2.05, 4.69) is 15.1 Å². The van der Waals surface area contributed by atoms with Gasteiger partial charge in [-0.2, -0.15) is 9.29 Å². The number of piperazine rings is 1. The molecule has 10 nitrogen and oxygen atoms in total. The maximum atomic E-state index is 12.8. The second-order valence-electron chi connectivity index (χ2n) is 6.91. The molecule has 0 spiro atoms. The van der Waals surface area contributed by atoms with Crippen LogP contribution in [0.3, 0.4) is 0 Å². The Labute approximate surface area is 183 Å². The number of hydrogen-bond acceptors (Lipinski definition) is 8. The van der Waals surface area contributed by atoms with Crippen molar-refractivity contribution in [2.24, 2.45) is 0 Å². The van der Waals surface area contributed by atoms with Gasteiger partial charge in [0.05, 0.1) is 10.6 Å². The second-order valence-corrected chi connectivity index (χ2v) is 9.79. The number of amides is 1. The van der Waals surface area contributed by atoms with Gasteiger partial charge in [0.25, 0.3) is 5.78 Å². The molecule has 1 aliphatic heterocycles. The van der Waals surface area contributed by atoms with Crippen molar-refractivity contribution in [2.45, 2.75) is 17.0 Å². The van der Waals surface area contributed by atoms with Crippen LogP contribution in [0, 0.1) is 0 Å². The normalized spacial score (nSPS) is 15.3. The number of aromatic nitrogens is 4. The van der Waals surface area contributed by atoms with Crippen LogP contribution in [0.2, 0.25) is 0 Å². The van der Waals surface area contributed by atoms with Crippen LogP contribution in [0.15, 0.2) is 52.8 Å². The van der Waals surface area contributed by atoms with Gasteiger partial charge < -0.3 is 4.90 Å². The Morgan fingerprint density at radius 1 is 1.10 bits per heavy atom. The van der Waals surface area contributed by atoms with Gasteiger partial charge in [0, 0.05) is 44.1 Å². The predicted molar refractivity (Wildman–Crippen MR) is 113 cm³/mol. The largest absolute Gasteiger partial charge is 0.339 e. The van der Waals surface area contributed by atoms with E-state index in [1.807, 2.05) is 0 Å². The number of Topliss-reactive ketones (excluding diaryl/α,β-unsaturated/α-hetero) is 1. The Morgan fingerprint density at radius 2 is 1.81 bits per heavy atom. The molecule has 1 aliphatic rings. The van der Waals surface area contributed by atoms with Crippen LogP contribution in [-0.2, 0) is 14.8 Å². The minimum Gasteiger partial charge on any atom is -0.339 e. The van der Waals surface area contributed by atoms with Gasteiger partial charge in [-0.15, -0.1) is 5.10 Å². The first-order valence-corrected chi connectivity index (χ1v) is 12.0. The van der Waals surface area contributed by atoms with Gasteiger partial charge in [-0.3, -0.25) is 9.59 Å². The van der Waals surface area contributed by atoms with Gasteiger partial charge in [0.1, 0.15) is 0 Å². The van der Waals surface area contributed by atoms with Crippen molar-refractivity contribution >= 4 is 39.3 Å². The van der Waals surface area contributed by atoms with Gasteiger partial charge >= 0.3 is 0 Å². The number of carbonyl (C=O) groups is 2. The van der Waals surface area contributed by atoms with Gasteiger partial charge in [-0.25, -0.2) is 17.9 Å². The predicted octanol–water partition coefficient (Wildman–Crippen LogP) is 0.952. The molecule has 1 saturated heterocycles. The molecule has 0 atom stereocenters. The lowest BCUT2D eigenvalue weighted by Gasteiger charge is -2.34. The summed E-state index contributed by atoms with van der Waals surface area (Å²) in [5, 5.41) is 4.71. The first-order valence-electron chi connectivity index (χ1n) is 9.54. The lowest BCUT2D eigenvalue weighted by Crippen LogP contribution is -2.50. The molecule has 0 saturated carbocycles. The van der Waals surface area contributed by atoms with Crippen LogP contribution in [0.1, 0.15) is 17.3 Å². The highest BCUT2D eigenvalue weighted by Crippen LogP contribution is 2.20. The highest BCUT2D eigenvalue weighted by molar-refractivity contribution is 7.99. The van der Waals surface area contributed by atoms with Crippen molar-refractivity contribution in [2.75, 3.05) is 31.9 Å². The van der Waals surface area contributed by atoms with Crippen LogP contribution < -0.4 is 0 Å². The number of hydrogen-bond donors (Lipinski definition) is 0. The van der Waals surface area contributed by atoms with Crippen LogP contribution >= 0.6 is 11.8 Å². The van der Waals surface area contributed by atoms with E-state index in [4.69, 9.17) is 0 Å². The molecular weight excluding hydrogens is 440 g/mol. The van der Waals surface area contributed by atoms with E-state index in [0.717, 1.165) is 0 Å². The Kier molecular flexibility index (Phi) is 6.03. The summed E-state index contributed by atoms with van der Waals surface area (Å²) >= 11 is 1.22. The summed E-state index contributed by atoms with van der Waals surface area (Å²) in [6.45, 7) is 2.47. The molecule has 0 aliphatic carbocycles. The molecule has 162 valence electrons. The van der Waals surface area contributed by atoms with Gasteiger partial charge in [0.15, 0.2) is 5.78 Å². The standard InChI is InChI=1S/C19H20N6O4S2/c1-14(26)15-3-5-16(6-4-15)31(28,29)24-11-9-23(10-12-24)17(27)13-30-19-21-18-20-7-2-8-25(18)22-19/h2-8H,9-13H2,1H3. The molecule has 3 heterocycles. The van der Waals surface area contributed by atoms with Crippen LogP contribution in [0.4, 0.5) is 0 Å². The first-order chi connectivity index (χ1) is 14.8. The maximum Gasteiger partial charge on any atom is 0.253 e. The van der Waals surface area contributed by atoms with Crippen molar-refractivity contribution in [3.05, 3.63) is 48.3 Å². The molecule has 31 heavy (non-hydrogen) atoms. The number of rotatable bonds is 6. The Balaban J connectivity index is 1.33. The fourth-order valence-electron chi connectivity index (χ4n) is 3.18. The van der Waals surface area contributed by atoms with E-state index < -0.39 is 10.0 Å². The molecule has 1 fully saturated rings.